The Morgan fingerprint density at radius 3 is 2.56 bits per heavy atom. The molecule has 0 aromatic heterocycles. The fraction of sp³-hybridized carbons (Fsp3) is 0.263. The van der Waals surface area contributed by atoms with E-state index >= 15 is 0 Å². The molecule has 128 valence electrons. The zero-order chi connectivity index (χ0) is 17.8. The van der Waals surface area contributed by atoms with Gasteiger partial charge in [0.1, 0.15) is 6.07 Å². The van der Waals surface area contributed by atoms with Crippen LogP contribution in [0, 0.1) is 18.3 Å². The smallest absolute Gasteiger partial charge is 0.322 e. The van der Waals surface area contributed by atoms with Gasteiger partial charge in [0.25, 0.3) is 0 Å². The maximum absolute atomic E-state index is 12.4. The number of nitrogens with one attached hydrogen (secondary N) is 1. The summed E-state index contributed by atoms with van der Waals surface area (Å²) in [6, 6.07) is 14.9. The van der Waals surface area contributed by atoms with Crippen molar-refractivity contribution in [2.45, 2.75) is 6.92 Å². The van der Waals surface area contributed by atoms with Crippen LogP contribution in [0.15, 0.2) is 42.5 Å². The van der Waals surface area contributed by atoms with E-state index in [1.165, 1.54) is 0 Å². The van der Waals surface area contributed by atoms with E-state index in [4.69, 9.17) is 16.9 Å². The highest BCUT2D eigenvalue weighted by atomic mass is 35.5. The highest BCUT2D eigenvalue weighted by Crippen LogP contribution is 2.24. The van der Waals surface area contributed by atoms with Crippen LogP contribution in [0.25, 0.3) is 0 Å². The normalized spacial score (nSPS) is 14.1. The lowest BCUT2D eigenvalue weighted by atomic mass is 10.2. The summed E-state index contributed by atoms with van der Waals surface area (Å²) in [5.41, 5.74) is 3.14. The highest BCUT2D eigenvalue weighted by Gasteiger charge is 2.22. The van der Waals surface area contributed by atoms with E-state index in [2.05, 4.69) is 22.4 Å². The van der Waals surface area contributed by atoms with E-state index in [1.807, 2.05) is 19.1 Å². The molecule has 0 spiro atoms. The Kier molecular flexibility index (Phi) is 5.11. The maximum Gasteiger partial charge on any atom is 0.322 e. The Morgan fingerprint density at radius 2 is 1.88 bits per heavy atom. The van der Waals surface area contributed by atoms with Crippen molar-refractivity contribution in [3.63, 3.8) is 0 Å². The first-order valence-corrected chi connectivity index (χ1v) is 8.52. The van der Waals surface area contributed by atoms with Crippen molar-refractivity contribution in [1.29, 1.82) is 5.26 Å². The number of aryl methyl sites for hydroxylation is 1. The van der Waals surface area contributed by atoms with Gasteiger partial charge in [-0.05, 0) is 36.8 Å². The van der Waals surface area contributed by atoms with Crippen LogP contribution in [-0.2, 0) is 0 Å². The predicted octanol–water partition coefficient (Wildman–Crippen LogP) is 3.87. The number of carbonyl (C=O) groups excluding carboxylic acids is 1. The van der Waals surface area contributed by atoms with E-state index in [-0.39, 0.29) is 6.03 Å². The summed E-state index contributed by atoms with van der Waals surface area (Å²) in [6.45, 7) is 4.70. The minimum Gasteiger partial charge on any atom is -0.368 e. The van der Waals surface area contributed by atoms with Crippen LogP contribution in [0.5, 0.6) is 0 Å². The minimum absolute atomic E-state index is 0.177. The number of para-hydroxylation sites is 1. The number of halogens is 1. The Morgan fingerprint density at radius 1 is 1.16 bits per heavy atom. The van der Waals surface area contributed by atoms with E-state index in [1.54, 1.807) is 29.2 Å². The molecule has 0 bridgehead atoms. The topological polar surface area (TPSA) is 59.4 Å². The second kappa shape index (κ2) is 7.45. The van der Waals surface area contributed by atoms with Crippen LogP contribution in [0.1, 0.15) is 11.1 Å². The van der Waals surface area contributed by atoms with E-state index in [0.29, 0.717) is 24.3 Å². The van der Waals surface area contributed by atoms with Gasteiger partial charge in [0.2, 0.25) is 0 Å². The summed E-state index contributed by atoms with van der Waals surface area (Å²) >= 11 is 6.20. The standard InChI is InChI=1S/C19H19ClN4O/c1-14-6-7-16(12-17(14)20)23-8-10-24(11-9-23)19(25)22-18-5-3-2-4-15(18)13-21/h2-7,12H,8-11H2,1H3,(H,22,25). The van der Waals surface area contributed by atoms with Gasteiger partial charge in [-0.15, -0.1) is 0 Å². The molecule has 1 heterocycles. The first-order valence-electron chi connectivity index (χ1n) is 8.14. The molecule has 0 radical (unpaired) electrons. The molecule has 3 rings (SSSR count). The molecule has 2 aromatic rings. The maximum atomic E-state index is 12.4. The molecule has 25 heavy (non-hydrogen) atoms. The van der Waals surface area contributed by atoms with Gasteiger partial charge in [-0.2, -0.15) is 5.26 Å². The number of hydrogen-bond donors (Lipinski definition) is 1. The van der Waals surface area contributed by atoms with E-state index < -0.39 is 0 Å². The number of urea groups is 1. The number of benzene rings is 2. The quantitative estimate of drug-likeness (QED) is 0.890. The van der Waals surface area contributed by atoms with Gasteiger partial charge in [0.05, 0.1) is 11.3 Å². The molecule has 2 amide bonds. The predicted molar refractivity (Wildman–Crippen MR) is 100 cm³/mol. The third-order valence-corrected chi connectivity index (χ3v) is 4.78. The molecule has 1 saturated heterocycles. The fourth-order valence-corrected chi connectivity index (χ4v) is 3.00. The summed E-state index contributed by atoms with van der Waals surface area (Å²) < 4.78 is 0. The van der Waals surface area contributed by atoms with Crippen LogP contribution in [0.3, 0.4) is 0 Å². The molecule has 0 saturated carbocycles. The third-order valence-electron chi connectivity index (χ3n) is 4.38. The van der Waals surface area contributed by atoms with Crippen molar-refractivity contribution in [3.05, 3.63) is 58.6 Å². The number of anilines is 2. The largest absolute Gasteiger partial charge is 0.368 e. The third kappa shape index (κ3) is 3.86. The first-order chi connectivity index (χ1) is 12.1. The molecule has 1 N–H and O–H groups in total. The lowest BCUT2D eigenvalue weighted by Gasteiger charge is -2.36. The summed E-state index contributed by atoms with van der Waals surface area (Å²) in [4.78, 5) is 16.4. The molecule has 1 fully saturated rings. The van der Waals surface area contributed by atoms with Gasteiger partial charge in [0.15, 0.2) is 0 Å². The molecule has 6 heteroatoms. The molecule has 0 aliphatic carbocycles. The number of rotatable bonds is 2. The lowest BCUT2D eigenvalue weighted by molar-refractivity contribution is 0.208. The second-order valence-corrected chi connectivity index (χ2v) is 6.40. The summed E-state index contributed by atoms with van der Waals surface area (Å²) in [7, 11) is 0. The number of nitrogens with zero attached hydrogens (tertiary/aromatic N) is 3. The van der Waals surface area contributed by atoms with Crippen molar-refractivity contribution in [3.8, 4) is 6.07 Å². The highest BCUT2D eigenvalue weighted by molar-refractivity contribution is 6.31. The number of amides is 2. The van der Waals surface area contributed by atoms with Gasteiger partial charge in [0, 0.05) is 36.9 Å². The van der Waals surface area contributed by atoms with Crippen LogP contribution in [-0.4, -0.2) is 37.1 Å². The van der Waals surface area contributed by atoms with Crippen LogP contribution in [0.4, 0.5) is 16.2 Å². The van der Waals surface area contributed by atoms with E-state index in [0.717, 1.165) is 29.4 Å². The van der Waals surface area contributed by atoms with Crippen molar-refractivity contribution < 1.29 is 4.79 Å². The summed E-state index contributed by atoms with van der Waals surface area (Å²) in [6.07, 6.45) is 0. The van der Waals surface area contributed by atoms with Crippen molar-refractivity contribution in [1.82, 2.24) is 4.90 Å². The summed E-state index contributed by atoms with van der Waals surface area (Å²) in [5, 5.41) is 12.7. The van der Waals surface area contributed by atoms with Crippen LogP contribution in [0.2, 0.25) is 5.02 Å². The van der Waals surface area contributed by atoms with Crippen molar-refractivity contribution >= 4 is 29.0 Å². The fourth-order valence-electron chi connectivity index (χ4n) is 2.83. The van der Waals surface area contributed by atoms with Crippen LogP contribution < -0.4 is 10.2 Å². The SMILES string of the molecule is Cc1ccc(N2CCN(C(=O)Nc3ccccc3C#N)CC2)cc1Cl. The van der Waals surface area contributed by atoms with Gasteiger partial charge in [-0.25, -0.2) is 4.79 Å². The Labute approximate surface area is 152 Å². The zero-order valence-corrected chi connectivity index (χ0v) is 14.8. The molecular formula is C19H19ClN4O. The number of nitriles is 1. The Hall–Kier alpha value is -2.71. The van der Waals surface area contributed by atoms with E-state index in [9.17, 15) is 4.79 Å². The molecular weight excluding hydrogens is 336 g/mol. The van der Waals surface area contributed by atoms with Crippen molar-refractivity contribution in [2.75, 3.05) is 36.4 Å². The monoisotopic (exact) mass is 354 g/mol. The molecule has 0 atom stereocenters. The first kappa shape index (κ1) is 17.1. The molecule has 5 nitrogen and oxygen atoms in total. The Balaban J connectivity index is 1.61. The number of piperazine rings is 1. The van der Waals surface area contributed by atoms with Gasteiger partial charge in [-0.3, -0.25) is 0 Å². The average Bonchev–Trinajstić information content (AvgIpc) is 2.64. The molecule has 0 unspecified atom stereocenters. The number of hydrogen-bond acceptors (Lipinski definition) is 3. The molecule has 2 aromatic carbocycles. The van der Waals surface area contributed by atoms with Crippen molar-refractivity contribution in [2.24, 2.45) is 0 Å². The second-order valence-electron chi connectivity index (χ2n) is 6.00. The Bertz CT molecular complexity index is 822. The lowest BCUT2D eigenvalue weighted by Crippen LogP contribution is -2.50. The van der Waals surface area contributed by atoms with Gasteiger partial charge in [-0.1, -0.05) is 29.8 Å². The van der Waals surface area contributed by atoms with Crippen LogP contribution >= 0.6 is 11.6 Å². The minimum atomic E-state index is -0.177. The summed E-state index contributed by atoms with van der Waals surface area (Å²) in [5.74, 6) is 0. The number of carbonyl (C=O) groups is 1. The average molecular weight is 355 g/mol. The zero-order valence-electron chi connectivity index (χ0n) is 14.0. The van der Waals surface area contributed by atoms with Gasteiger partial charge >= 0.3 is 6.03 Å². The molecule has 1 aliphatic heterocycles. The van der Waals surface area contributed by atoms with Gasteiger partial charge < -0.3 is 15.1 Å². The molecule has 1 aliphatic rings.